The maximum absolute atomic E-state index is 10.7. The molecule has 1 atom stereocenters. The lowest BCUT2D eigenvalue weighted by molar-refractivity contribution is -0.384. The summed E-state index contributed by atoms with van der Waals surface area (Å²) >= 11 is 11.9. The van der Waals surface area contributed by atoms with Crippen molar-refractivity contribution < 1.29 is 14.1 Å². The van der Waals surface area contributed by atoms with Crippen LogP contribution in [0.5, 0.6) is 5.75 Å². The van der Waals surface area contributed by atoms with Gasteiger partial charge in [0.1, 0.15) is 5.75 Å². The summed E-state index contributed by atoms with van der Waals surface area (Å²) in [4.78, 5) is 10.2. The molecule has 0 radical (unpaired) electrons. The third-order valence-electron chi connectivity index (χ3n) is 3.31. The van der Waals surface area contributed by atoms with Crippen LogP contribution in [0.3, 0.4) is 0 Å². The van der Waals surface area contributed by atoms with Crippen LogP contribution < -0.4 is 4.74 Å². The molecule has 9 heteroatoms. The molecule has 0 fully saturated rings. The van der Waals surface area contributed by atoms with Gasteiger partial charge in [-0.3, -0.25) is 10.1 Å². The van der Waals surface area contributed by atoms with E-state index in [0.717, 1.165) is 0 Å². The minimum atomic E-state index is -0.544. The summed E-state index contributed by atoms with van der Waals surface area (Å²) in [5, 5.41) is 19.4. The Balaban J connectivity index is 1.77. The fourth-order valence-electron chi connectivity index (χ4n) is 2.05. The largest absolute Gasteiger partial charge is 0.479 e. The van der Waals surface area contributed by atoms with Crippen LogP contribution in [0.25, 0.3) is 11.5 Å². The Morgan fingerprint density at radius 2 is 1.88 bits per heavy atom. The van der Waals surface area contributed by atoms with Crippen LogP contribution in [-0.2, 0) is 0 Å². The Bertz CT molecular complexity index is 912. The first-order valence-electron chi connectivity index (χ1n) is 7.14. The van der Waals surface area contributed by atoms with E-state index in [0.29, 0.717) is 21.4 Å². The van der Waals surface area contributed by atoms with E-state index in [1.54, 1.807) is 25.1 Å². The first-order chi connectivity index (χ1) is 11.9. The van der Waals surface area contributed by atoms with Crippen LogP contribution in [0.2, 0.25) is 10.0 Å². The SMILES string of the molecule is C[C@H](Oc1ccc(Cl)cc1Cl)c1nnc(-c2ccc([N+](=O)[O-])cc2)o1. The highest BCUT2D eigenvalue weighted by Gasteiger charge is 2.18. The maximum Gasteiger partial charge on any atom is 0.269 e. The molecule has 3 rings (SSSR count). The summed E-state index contributed by atoms with van der Waals surface area (Å²) in [6.45, 7) is 1.73. The van der Waals surface area contributed by atoms with E-state index < -0.39 is 11.0 Å². The molecule has 0 aliphatic rings. The molecule has 3 aromatic rings. The molecule has 2 aromatic carbocycles. The maximum atomic E-state index is 10.7. The van der Waals surface area contributed by atoms with Crippen molar-refractivity contribution in [3.05, 3.63) is 68.5 Å². The summed E-state index contributed by atoms with van der Waals surface area (Å²) in [6.07, 6.45) is -0.544. The molecule has 1 aromatic heterocycles. The van der Waals surface area contributed by atoms with Gasteiger partial charge in [-0.15, -0.1) is 10.2 Å². The third-order valence-corrected chi connectivity index (χ3v) is 3.84. The van der Waals surface area contributed by atoms with Crippen LogP contribution in [-0.4, -0.2) is 15.1 Å². The molecule has 0 saturated heterocycles. The molecule has 0 spiro atoms. The lowest BCUT2D eigenvalue weighted by atomic mass is 10.2. The van der Waals surface area contributed by atoms with Crippen LogP contribution in [0.15, 0.2) is 46.9 Å². The van der Waals surface area contributed by atoms with Gasteiger partial charge in [-0.1, -0.05) is 23.2 Å². The topological polar surface area (TPSA) is 91.3 Å². The Kier molecular flexibility index (Phi) is 4.87. The van der Waals surface area contributed by atoms with Gasteiger partial charge in [-0.25, -0.2) is 0 Å². The average molecular weight is 380 g/mol. The van der Waals surface area contributed by atoms with Gasteiger partial charge < -0.3 is 9.15 Å². The van der Waals surface area contributed by atoms with Crippen molar-refractivity contribution in [3.8, 4) is 17.2 Å². The average Bonchev–Trinajstić information content (AvgIpc) is 3.07. The van der Waals surface area contributed by atoms with Crippen molar-refractivity contribution >= 4 is 28.9 Å². The van der Waals surface area contributed by atoms with Gasteiger partial charge in [0.2, 0.25) is 5.89 Å². The first kappa shape index (κ1) is 17.2. The third kappa shape index (κ3) is 3.89. The Labute approximate surface area is 152 Å². The van der Waals surface area contributed by atoms with Crippen molar-refractivity contribution in [2.45, 2.75) is 13.0 Å². The number of nitro benzene ring substituents is 1. The van der Waals surface area contributed by atoms with Crippen molar-refractivity contribution in [1.29, 1.82) is 0 Å². The number of halogens is 2. The number of aromatic nitrogens is 2. The normalized spacial score (nSPS) is 12.0. The molecular formula is C16H11Cl2N3O4. The number of hydrogen-bond acceptors (Lipinski definition) is 6. The molecule has 0 aliphatic carbocycles. The van der Waals surface area contributed by atoms with Gasteiger partial charge >= 0.3 is 0 Å². The minimum absolute atomic E-state index is 0.0161. The van der Waals surface area contributed by atoms with Crippen molar-refractivity contribution in [3.63, 3.8) is 0 Å². The number of nitrogens with zero attached hydrogens (tertiary/aromatic N) is 3. The van der Waals surface area contributed by atoms with E-state index in [9.17, 15) is 10.1 Å². The molecule has 7 nitrogen and oxygen atoms in total. The predicted molar refractivity (Wildman–Crippen MR) is 91.9 cm³/mol. The van der Waals surface area contributed by atoms with Crippen LogP contribution in [0.1, 0.15) is 18.9 Å². The fourth-order valence-corrected chi connectivity index (χ4v) is 2.51. The second kappa shape index (κ2) is 7.08. The minimum Gasteiger partial charge on any atom is -0.479 e. The molecule has 0 amide bonds. The number of nitro groups is 1. The van der Waals surface area contributed by atoms with Crippen LogP contribution >= 0.6 is 23.2 Å². The van der Waals surface area contributed by atoms with Gasteiger partial charge in [0.05, 0.1) is 9.95 Å². The van der Waals surface area contributed by atoms with Crippen LogP contribution in [0.4, 0.5) is 5.69 Å². The Morgan fingerprint density at radius 1 is 1.16 bits per heavy atom. The second-order valence-electron chi connectivity index (χ2n) is 5.08. The monoisotopic (exact) mass is 379 g/mol. The Morgan fingerprint density at radius 3 is 2.52 bits per heavy atom. The fraction of sp³-hybridized carbons (Fsp3) is 0.125. The summed E-state index contributed by atoms with van der Waals surface area (Å²) in [5.41, 5.74) is 0.554. The molecular weight excluding hydrogens is 369 g/mol. The molecule has 0 bridgehead atoms. The van der Waals surface area contributed by atoms with Crippen molar-refractivity contribution in [2.24, 2.45) is 0 Å². The van der Waals surface area contributed by atoms with Gasteiger partial charge in [-0.05, 0) is 37.3 Å². The highest BCUT2D eigenvalue weighted by atomic mass is 35.5. The summed E-state index contributed by atoms with van der Waals surface area (Å²) in [7, 11) is 0. The van der Waals surface area contributed by atoms with E-state index in [2.05, 4.69) is 10.2 Å². The number of benzene rings is 2. The number of rotatable bonds is 5. The first-order valence-corrected chi connectivity index (χ1v) is 7.89. The standard InChI is InChI=1S/C16H11Cl2N3O4/c1-9(24-14-7-4-11(17)8-13(14)18)15-19-20-16(25-15)10-2-5-12(6-3-10)21(22)23/h2-9H,1H3/t9-/m0/s1. The molecule has 1 heterocycles. The second-order valence-corrected chi connectivity index (χ2v) is 5.93. The zero-order valence-electron chi connectivity index (χ0n) is 12.8. The number of hydrogen-bond donors (Lipinski definition) is 0. The molecule has 0 N–H and O–H groups in total. The zero-order valence-corrected chi connectivity index (χ0v) is 14.4. The highest BCUT2D eigenvalue weighted by molar-refractivity contribution is 6.35. The summed E-state index contributed by atoms with van der Waals surface area (Å²) < 4.78 is 11.3. The molecule has 0 unspecified atom stereocenters. The van der Waals surface area contributed by atoms with Gasteiger partial charge in [-0.2, -0.15) is 0 Å². The highest BCUT2D eigenvalue weighted by Crippen LogP contribution is 2.31. The quantitative estimate of drug-likeness (QED) is 0.452. The summed E-state index contributed by atoms with van der Waals surface area (Å²) in [5.74, 6) is 0.926. The van der Waals surface area contributed by atoms with E-state index in [1.807, 2.05) is 0 Å². The summed E-state index contributed by atoms with van der Waals surface area (Å²) in [6, 6.07) is 10.7. The van der Waals surface area contributed by atoms with E-state index in [4.69, 9.17) is 32.4 Å². The molecule has 128 valence electrons. The molecule has 25 heavy (non-hydrogen) atoms. The molecule has 0 aliphatic heterocycles. The van der Waals surface area contributed by atoms with Crippen molar-refractivity contribution in [1.82, 2.24) is 10.2 Å². The van der Waals surface area contributed by atoms with E-state index in [1.165, 1.54) is 24.3 Å². The molecule has 0 saturated carbocycles. The van der Waals surface area contributed by atoms with Crippen molar-refractivity contribution in [2.75, 3.05) is 0 Å². The van der Waals surface area contributed by atoms with Gasteiger partial charge in [0.15, 0.2) is 6.10 Å². The number of ether oxygens (including phenoxy) is 1. The predicted octanol–water partition coefficient (Wildman–Crippen LogP) is 5.09. The smallest absolute Gasteiger partial charge is 0.269 e. The van der Waals surface area contributed by atoms with E-state index >= 15 is 0 Å². The lowest BCUT2D eigenvalue weighted by Gasteiger charge is -2.12. The van der Waals surface area contributed by atoms with Gasteiger partial charge in [0, 0.05) is 22.7 Å². The lowest BCUT2D eigenvalue weighted by Crippen LogP contribution is -2.03. The number of non-ortho nitro benzene ring substituents is 1. The van der Waals surface area contributed by atoms with Crippen LogP contribution in [0, 0.1) is 10.1 Å². The van der Waals surface area contributed by atoms with Gasteiger partial charge in [0.25, 0.3) is 11.6 Å². The Hall–Kier alpha value is -2.64. The van der Waals surface area contributed by atoms with E-state index in [-0.39, 0.29) is 17.5 Å². The zero-order chi connectivity index (χ0) is 18.0.